The van der Waals surface area contributed by atoms with Crippen LogP contribution >= 0.6 is 0 Å². The number of aliphatic hydroxyl groups is 1. The highest BCUT2D eigenvalue weighted by atomic mass is 16.3. The number of nitrogens with zero attached hydrogens (tertiary/aromatic N) is 3. The van der Waals surface area contributed by atoms with Crippen LogP contribution in [0, 0.1) is 5.92 Å². The summed E-state index contributed by atoms with van der Waals surface area (Å²) in [7, 11) is 0. The standard InChI is InChI=1S/C24H30N6O2/c1-24(2,32)16-13-30(14-16)23-28-21(26-17-7-5-11-25-12-17)20(22(31)29-23)19-10-9-15-6-3-4-8-18(15)27-19/h3-4,6,8-10,16-17,25,32H,5,7,11-14H2,1-2H3,(H2,26,28,29,31)/t17-/m1/s1. The molecule has 1 atom stereocenters. The maximum Gasteiger partial charge on any atom is 0.263 e. The number of pyridine rings is 1. The molecule has 8 nitrogen and oxygen atoms in total. The normalized spacial score (nSPS) is 19.7. The second-order valence-corrected chi connectivity index (χ2v) is 9.45. The molecule has 2 saturated heterocycles. The van der Waals surface area contributed by atoms with Crippen LogP contribution in [0.25, 0.3) is 22.2 Å². The number of rotatable bonds is 5. The fourth-order valence-corrected chi connectivity index (χ4v) is 4.43. The molecule has 5 rings (SSSR count). The number of hydrogen-bond donors (Lipinski definition) is 4. The van der Waals surface area contributed by atoms with Gasteiger partial charge in [-0.1, -0.05) is 24.3 Å². The summed E-state index contributed by atoms with van der Waals surface area (Å²) < 4.78 is 0. The van der Waals surface area contributed by atoms with E-state index in [1.165, 1.54) is 0 Å². The van der Waals surface area contributed by atoms with Crippen LogP contribution in [0.4, 0.5) is 11.8 Å². The average Bonchev–Trinajstić information content (AvgIpc) is 2.72. The molecule has 3 aromatic rings. The van der Waals surface area contributed by atoms with Gasteiger partial charge in [-0.05, 0) is 45.4 Å². The first kappa shape index (κ1) is 20.9. The Morgan fingerprint density at radius 2 is 1.97 bits per heavy atom. The number of fused-ring (bicyclic) bond motifs is 1. The van der Waals surface area contributed by atoms with Crippen LogP contribution in [0.2, 0.25) is 0 Å². The summed E-state index contributed by atoms with van der Waals surface area (Å²) in [5.41, 5.74) is 0.948. The van der Waals surface area contributed by atoms with Gasteiger partial charge in [0.05, 0.1) is 16.8 Å². The minimum Gasteiger partial charge on any atom is -0.390 e. The predicted octanol–water partition coefficient (Wildman–Crippen LogP) is 2.36. The van der Waals surface area contributed by atoms with Gasteiger partial charge in [0, 0.05) is 37.0 Å². The first-order valence-corrected chi connectivity index (χ1v) is 11.3. The van der Waals surface area contributed by atoms with Gasteiger partial charge in [0.2, 0.25) is 5.95 Å². The molecule has 32 heavy (non-hydrogen) atoms. The molecule has 2 aliphatic heterocycles. The van der Waals surface area contributed by atoms with E-state index in [1.54, 1.807) is 0 Å². The van der Waals surface area contributed by atoms with Gasteiger partial charge in [-0.2, -0.15) is 4.98 Å². The Labute approximate surface area is 187 Å². The minimum absolute atomic E-state index is 0.147. The predicted molar refractivity (Wildman–Crippen MR) is 127 cm³/mol. The summed E-state index contributed by atoms with van der Waals surface area (Å²) in [6, 6.07) is 11.9. The maximum atomic E-state index is 13.3. The maximum absolute atomic E-state index is 13.3. The molecule has 0 spiro atoms. The van der Waals surface area contributed by atoms with E-state index in [0.717, 1.165) is 36.8 Å². The fourth-order valence-electron chi connectivity index (χ4n) is 4.43. The van der Waals surface area contributed by atoms with E-state index in [0.29, 0.717) is 36.1 Å². The molecule has 0 unspecified atom stereocenters. The van der Waals surface area contributed by atoms with Gasteiger partial charge in [0.15, 0.2) is 0 Å². The van der Waals surface area contributed by atoms with Crippen molar-refractivity contribution in [3.05, 3.63) is 46.8 Å². The molecule has 2 fully saturated rings. The van der Waals surface area contributed by atoms with E-state index in [-0.39, 0.29) is 17.5 Å². The number of aromatic amines is 1. The lowest BCUT2D eigenvalue weighted by Gasteiger charge is -2.45. The number of benzene rings is 1. The Morgan fingerprint density at radius 3 is 2.72 bits per heavy atom. The summed E-state index contributed by atoms with van der Waals surface area (Å²) in [4.78, 5) is 27.8. The quantitative estimate of drug-likeness (QED) is 0.488. The molecule has 0 saturated carbocycles. The molecular formula is C24H30N6O2. The zero-order chi connectivity index (χ0) is 22.3. The molecule has 0 amide bonds. The van der Waals surface area contributed by atoms with Crippen molar-refractivity contribution in [2.45, 2.75) is 38.3 Å². The molecular weight excluding hydrogens is 404 g/mol. The number of anilines is 2. The van der Waals surface area contributed by atoms with Crippen molar-refractivity contribution in [2.24, 2.45) is 5.92 Å². The van der Waals surface area contributed by atoms with Gasteiger partial charge in [0.25, 0.3) is 5.56 Å². The van der Waals surface area contributed by atoms with Crippen LogP contribution < -0.4 is 21.1 Å². The highest BCUT2D eigenvalue weighted by molar-refractivity contribution is 5.83. The molecule has 2 aliphatic rings. The van der Waals surface area contributed by atoms with Crippen molar-refractivity contribution in [1.82, 2.24) is 20.3 Å². The fraction of sp³-hybridized carbons (Fsp3) is 0.458. The topological polar surface area (TPSA) is 106 Å². The Hall–Kier alpha value is -2.97. The summed E-state index contributed by atoms with van der Waals surface area (Å²) in [6.07, 6.45) is 2.10. The van der Waals surface area contributed by atoms with Crippen molar-refractivity contribution in [2.75, 3.05) is 36.4 Å². The zero-order valence-corrected chi connectivity index (χ0v) is 18.6. The molecule has 2 aromatic heterocycles. The molecule has 0 bridgehead atoms. The number of aromatic nitrogens is 3. The van der Waals surface area contributed by atoms with Crippen molar-refractivity contribution < 1.29 is 5.11 Å². The minimum atomic E-state index is -0.749. The number of nitrogens with one attached hydrogen (secondary N) is 3. The van der Waals surface area contributed by atoms with E-state index in [4.69, 9.17) is 9.97 Å². The Morgan fingerprint density at radius 1 is 1.16 bits per heavy atom. The summed E-state index contributed by atoms with van der Waals surface area (Å²) >= 11 is 0. The molecule has 8 heteroatoms. The number of para-hydroxylation sites is 1. The first-order chi connectivity index (χ1) is 15.4. The van der Waals surface area contributed by atoms with E-state index in [9.17, 15) is 9.90 Å². The van der Waals surface area contributed by atoms with E-state index in [2.05, 4.69) is 15.6 Å². The molecule has 168 valence electrons. The summed E-state index contributed by atoms with van der Waals surface area (Å²) in [5, 5.41) is 18.2. The van der Waals surface area contributed by atoms with Gasteiger partial charge in [-0.15, -0.1) is 0 Å². The SMILES string of the molecule is CC(C)(O)C1CN(c2nc(N[C@@H]3CCCNC3)c(-c3ccc4ccccc4n3)c(=O)[nH]2)C1. The highest BCUT2D eigenvalue weighted by Crippen LogP contribution is 2.31. The third-order valence-corrected chi connectivity index (χ3v) is 6.58. The second kappa shape index (κ2) is 8.18. The van der Waals surface area contributed by atoms with Crippen molar-refractivity contribution in [3.63, 3.8) is 0 Å². The monoisotopic (exact) mass is 434 g/mol. The van der Waals surface area contributed by atoms with Crippen molar-refractivity contribution >= 4 is 22.7 Å². The summed E-state index contributed by atoms with van der Waals surface area (Å²) in [6.45, 7) is 6.80. The number of H-pyrrole nitrogens is 1. The lowest BCUT2D eigenvalue weighted by Crippen LogP contribution is -2.56. The molecule has 1 aromatic carbocycles. The van der Waals surface area contributed by atoms with E-state index < -0.39 is 5.60 Å². The van der Waals surface area contributed by atoms with Gasteiger partial charge < -0.3 is 20.6 Å². The van der Waals surface area contributed by atoms with Gasteiger partial charge in [0.1, 0.15) is 11.4 Å². The van der Waals surface area contributed by atoms with E-state index in [1.807, 2.05) is 55.1 Å². The number of piperidine rings is 1. The van der Waals surface area contributed by atoms with Crippen LogP contribution in [-0.4, -0.2) is 57.9 Å². The van der Waals surface area contributed by atoms with Crippen LogP contribution in [0.1, 0.15) is 26.7 Å². The van der Waals surface area contributed by atoms with Crippen molar-refractivity contribution in [3.8, 4) is 11.3 Å². The van der Waals surface area contributed by atoms with Crippen LogP contribution in [0.3, 0.4) is 0 Å². The van der Waals surface area contributed by atoms with Gasteiger partial charge >= 0.3 is 0 Å². The number of hydrogen-bond acceptors (Lipinski definition) is 7. The largest absolute Gasteiger partial charge is 0.390 e. The van der Waals surface area contributed by atoms with Gasteiger partial charge in [-0.25, -0.2) is 4.98 Å². The third-order valence-electron chi connectivity index (χ3n) is 6.58. The lowest BCUT2D eigenvalue weighted by atomic mass is 9.85. The average molecular weight is 435 g/mol. The Bertz CT molecular complexity index is 1170. The Kier molecular flexibility index (Phi) is 5.35. The Balaban J connectivity index is 1.53. The smallest absolute Gasteiger partial charge is 0.263 e. The van der Waals surface area contributed by atoms with Crippen LogP contribution in [0.5, 0.6) is 0 Å². The van der Waals surface area contributed by atoms with Crippen LogP contribution in [0.15, 0.2) is 41.2 Å². The van der Waals surface area contributed by atoms with Crippen LogP contribution in [-0.2, 0) is 0 Å². The van der Waals surface area contributed by atoms with Crippen molar-refractivity contribution in [1.29, 1.82) is 0 Å². The zero-order valence-electron chi connectivity index (χ0n) is 18.6. The lowest BCUT2D eigenvalue weighted by molar-refractivity contribution is 0.00416. The van der Waals surface area contributed by atoms with E-state index >= 15 is 0 Å². The second-order valence-electron chi connectivity index (χ2n) is 9.45. The molecule has 0 aliphatic carbocycles. The van der Waals surface area contributed by atoms with Gasteiger partial charge in [-0.3, -0.25) is 9.78 Å². The highest BCUT2D eigenvalue weighted by Gasteiger charge is 2.39. The summed E-state index contributed by atoms with van der Waals surface area (Å²) in [5.74, 6) is 1.24. The molecule has 4 heterocycles. The third kappa shape index (κ3) is 4.08. The first-order valence-electron chi connectivity index (χ1n) is 11.3. The molecule has 4 N–H and O–H groups in total. The molecule has 0 radical (unpaired) electrons.